The Labute approximate surface area is 117 Å². The Balaban J connectivity index is 2.18. The number of rotatable bonds is 4. The van der Waals surface area contributed by atoms with Gasteiger partial charge in [0, 0.05) is 19.0 Å². The number of nitrogens with one attached hydrogen (secondary N) is 1. The lowest BCUT2D eigenvalue weighted by Crippen LogP contribution is -2.32. The molecule has 0 aliphatic rings. The first-order valence-electron chi connectivity index (χ1n) is 6.34. The number of hydrogen-bond acceptors (Lipinski definition) is 2. The van der Waals surface area contributed by atoms with E-state index >= 15 is 0 Å². The van der Waals surface area contributed by atoms with E-state index in [-0.39, 0.29) is 11.3 Å². The number of hydrogen-bond donors (Lipinski definition) is 1. The van der Waals surface area contributed by atoms with Crippen molar-refractivity contribution in [3.05, 3.63) is 30.0 Å². The van der Waals surface area contributed by atoms with Crippen molar-refractivity contribution in [2.24, 2.45) is 13.0 Å². The molecule has 4 nitrogen and oxygen atoms in total. The number of fused-ring (bicyclic) bond motifs is 1. The van der Waals surface area contributed by atoms with Crippen LogP contribution in [0.4, 0.5) is 0 Å². The van der Waals surface area contributed by atoms with Gasteiger partial charge < -0.3 is 5.32 Å². The van der Waals surface area contributed by atoms with Gasteiger partial charge in [-0.2, -0.15) is 5.10 Å². The quantitative estimate of drug-likeness (QED) is 0.875. The van der Waals surface area contributed by atoms with Crippen molar-refractivity contribution in [3.63, 3.8) is 0 Å². The second-order valence-electron chi connectivity index (χ2n) is 4.96. The summed E-state index contributed by atoms with van der Waals surface area (Å²) in [5.74, 6) is 0.144. The molecule has 102 valence electrons. The van der Waals surface area contributed by atoms with Crippen LogP contribution in [0.25, 0.3) is 10.9 Å². The van der Waals surface area contributed by atoms with E-state index in [1.54, 1.807) is 4.68 Å². The van der Waals surface area contributed by atoms with Crippen molar-refractivity contribution in [1.29, 1.82) is 0 Å². The van der Waals surface area contributed by atoms with Crippen molar-refractivity contribution in [3.8, 4) is 0 Å². The molecule has 1 N–H and O–H groups in total. The normalized spacial score (nSPS) is 12.9. The molecule has 0 bridgehead atoms. The first kappa shape index (κ1) is 13.9. The van der Waals surface area contributed by atoms with Crippen LogP contribution in [0.5, 0.6) is 0 Å². The van der Waals surface area contributed by atoms with Gasteiger partial charge in [0.05, 0.1) is 10.9 Å². The van der Waals surface area contributed by atoms with Gasteiger partial charge in [-0.1, -0.05) is 32.0 Å². The number of amides is 1. The van der Waals surface area contributed by atoms with E-state index in [1.807, 2.05) is 45.2 Å². The zero-order valence-electron chi connectivity index (χ0n) is 11.4. The molecule has 1 amide bonds. The number of halogens is 1. The highest BCUT2D eigenvalue weighted by molar-refractivity contribution is 6.21. The van der Waals surface area contributed by atoms with Crippen LogP contribution >= 0.6 is 11.6 Å². The molecule has 5 heteroatoms. The van der Waals surface area contributed by atoms with Crippen molar-refractivity contribution in [2.45, 2.75) is 19.2 Å². The SMILES string of the molecule is CC(C)C(Cl)CNC(=O)c1nn(C)c2ccccc12. The number of benzene rings is 1. The molecular formula is C14H18ClN3O. The average molecular weight is 280 g/mol. The third-order valence-corrected chi connectivity index (χ3v) is 3.81. The lowest BCUT2D eigenvalue weighted by molar-refractivity contribution is 0.0948. The Morgan fingerprint density at radius 1 is 1.42 bits per heavy atom. The van der Waals surface area contributed by atoms with Gasteiger partial charge in [0.15, 0.2) is 5.69 Å². The smallest absolute Gasteiger partial charge is 0.272 e. The fourth-order valence-corrected chi connectivity index (χ4v) is 1.97. The van der Waals surface area contributed by atoms with Gasteiger partial charge in [0.25, 0.3) is 5.91 Å². The highest BCUT2D eigenvalue weighted by Gasteiger charge is 2.17. The second-order valence-corrected chi connectivity index (χ2v) is 5.52. The van der Waals surface area contributed by atoms with Crippen LogP contribution in [0, 0.1) is 5.92 Å². The summed E-state index contributed by atoms with van der Waals surface area (Å²) in [5, 5.41) is 7.90. The minimum atomic E-state index is -0.178. The molecule has 1 heterocycles. The van der Waals surface area contributed by atoms with Gasteiger partial charge in [0.1, 0.15) is 0 Å². The summed E-state index contributed by atoms with van der Waals surface area (Å²) < 4.78 is 1.71. The number of aromatic nitrogens is 2. The zero-order valence-corrected chi connectivity index (χ0v) is 12.1. The maximum absolute atomic E-state index is 12.2. The number of alkyl halides is 1. The van der Waals surface area contributed by atoms with Crippen LogP contribution in [0.3, 0.4) is 0 Å². The van der Waals surface area contributed by atoms with E-state index < -0.39 is 0 Å². The van der Waals surface area contributed by atoms with E-state index in [4.69, 9.17) is 11.6 Å². The Morgan fingerprint density at radius 2 is 2.11 bits per heavy atom. The predicted molar refractivity (Wildman–Crippen MR) is 77.5 cm³/mol. The summed E-state index contributed by atoms with van der Waals surface area (Å²) in [6.07, 6.45) is 0. The summed E-state index contributed by atoms with van der Waals surface area (Å²) in [4.78, 5) is 12.2. The Kier molecular flexibility index (Phi) is 4.10. The summed E-state index contributed by atoms with van der Waals surface area (Å²) in [7, 11) is 1.83. The van der Waals surface area contributed by atoms with Gasteiger partial charge in [-0.25, -0.2) is 0 Å². The minimum absolute atomic E-state index is 0.0704. The summed E-state index contributed by atoms with van der Waals surface area (Å²) in [5.41, 5.74) is 1.39. The van der Waals surface area contributed by atoms with Crippen molar-refractivity contribution >= 4 is 28.4 Å². The number of nitrogens with zero attached hydrogens (tertiary/aromatic N) is 2. The van der Waals surface area contributed by atoms with Crippen LogP contribution in [0.15, 0.2) is 24.3 Å². The summed E-state index contributed by atoms with van der Waals surface area (Å²) >= 11 is 6.13. The molecule has 0 aliphatic heterocycles. The fourth-order valence-electron chi connectivity index (χ4n) is 1.89. The molecule has 0 saturated carbocycles. The fraction of sp³-hybridized carbons (Fsp3) is 0.429. The van der Waals surface area contributed by atoms with E-state index in [1.165, 1.54) is 0 Å². The van der Waals surface area contributed by atoms with Gasteiger partial charge in [-0.05, 0) is 12.0 Å². The molecule has 1 aromatic heterocycles. The topological polar surface area (TPSA) is 46.9 Å². The van der Waals surface area contributed by atoms with Crippen LogP contribution in [-0.4, -0.2) is 27.6 Å². The Morgan fingerprint density at radius 3 is 2.79 bits per heavy atom. The third kappa shape index (κ3) is 2.89. The lowest BCUT2D eigenvalue weighted by Gasteiger charge is -2.13. The van der Waals surface area contributed by atoms with Gasteiger partial charge in [-0.3, -0.25) is 9.48 Å². The van der Waals surface area contributed by atoms with E-state index in [0.717, 1.165) is 10.9 Å². The maximum atomic E-state index is 12.2. The standard InChI is InChI=1S/C14H18ClN3O/c1-9(2)11(15)8-16-14(19)13-10-6-4-5-7-12(10)18(3)17-13/h4-7,9,11H,8H2,1-3H3,(H,16,19). The summed E-state index contributed by atoms with van der Waals surface area (Å²) in [6, 6.07) is 7.67. The summed E-state index contributed by atoms with van der Waals surface area (Å²) in [6.45, 7) is 4.50. The van der Waals surface area contributed by atoms with Crippen LogP contribution in [0.1, 0.15) is 24.3 Å². The third-order valence-electron chi connectivity index (χ3n) is 3.15. The van der Waals surface area contributed by atoms with Gasteiger partial charge in [0.2, 0.25) is 0 Å². The molecule has 0 radical (unpaired) electrons. The molecular weight excluding hydrogens is 262 g/mol. The number of carbonyl (C=O) groups is 1. The molecule has 0 aliphatic carbocycles. The molecule has 1 aromatic carbocycles. The molecule has 1 atom stereocenters. The van der Waals surface area contributed by atoms with E-state index in [2.05, 4.69) is 10.4 Å². The number of carbonyl (C=O) groups excluding carboxylic acids is 1. The van der Waals surface area contributed by atoms with E-state index in [9.17, 15) is 4.79 Å². The van der Waals surface area contributed by atoms with Crippen molar-refractivity contribution in [1.82, 2.24) is 15.1 Å². The zero-order chi connectivity index (χ0) is 14.0. The van der Waals surface area contributed by atoms with Crippen molar-refractivity contribution in [2.75, 3.05) is 6.54 Å². The van der Waals surface area contributed by atoms with E-state index in [0.29, 0.717) is 18.2 Å². The van der Waals surface area contributed by atoms with Crippen LogP contribution in [-0.2, 0) is 7.05 Å². The molecule has 19 heavy (non-hydrogen) atoms. The van der Waals surface area contributed by atoms with Crippen molar-refractivity contribution < 1.29 is 4.79 Å². The molecule has 2 aromatic rings. The van der Waals surface area contributed by atoms with Gasteiger partial charge in [-0.15, -0.1) is 11.6 Å². The highest BCUT2D eigenvalue weighted by atomic mass is 35.5. The predicted octanol–water partition coefficient (Wildman–Crippen LogP) is 2.57. The first-order valence-corrected chi connectivity index (χ1v) is 6.78. The maximum Gasteiger partial charge on any atom is 0.272 e. The lowest BCUT2D eigenvalue weighted by atomic mass is 10.1. The van der Waals surface area contributed by atoms with Gasteiger partial charge >= 0.3 is 0 Å². The first-order chi connectivity index (χ1) is 9.00. The monoisotopic (exact) mass is 279 g/mol. The number of aryl methyl sites for hydroxylation is 1. The van der Waals surface area contributed by atoms with Crippen LogP contribution in [0.2, 0.25) is 0 Å². The molecule has 0 saturated heterocycles. The minimum Gasteiger partial charge on any atom is -0.349 e. The Bertz CT molecular complexity index is 591. The molecule has 0 spiro atoms. The molecule has 2 rings (SSSR count). The highest BCUT2D eigenvalue weighted by Crippen LogP contribution is 2.17. The Hall–Kier alpha value is -1.55. The molecule has 0 fully saturated rings. The average Bonchev–Trinajstić information content (AvgIpc) is 2.73. The molecule has 1 unspecified atom stereocenters. The van der Waals surface area contributed by atoms with Crippen LogP contribution < -0.4 is 5.32 Å². The largest absolute Gasteiger partial charge is 0.349 e. The second kappa shape index (κ2) is 5.61. The number of para-hydroxylation sites is 1.